The van der Waals surface area contributed by atoms with Crippen LogP contribution in [-0.4, -0.2) is 6.61 Å². The van der Waals surface area contributed by atoms with Crippen LogP contribution in [0.4, 0.5) is 11.4 Å². The molecular formula is C15H17N3O2. The molecule has 2 aromatic carbocycles. The number of hydrogen-bond donors (Lipinski definition) is 3. The first-order chi connectivity index (χ1) is 9.60. The molecule has 20 heavy (non-hydrogen) atoms. The summed E-state index contributed by atoms with van der Waals surface area (Å²) in [5, 5.41) is 3.15. The molecule has 104 valence electrons. The second-order valence-corrected chi connectivity index (χ2v) is 4.68. The van der Waals surface area contributed by atoms with Crippen LogP contribution >= 0.6 is 0 Å². The van der Waals surface area contributed by atoms with Gasteiger partial charge in [-0.3, -0.25) is 5.73 Å². The Hall–Kier alpha value is -2.40. The SMILES string of the molecule is CCOc1ccc(C2(N)Nc3cc(N)ccc3O2)cc1. The van der Waals surface area contributed by atoms with Crippen LogP contribution in [0, 0.1) is 0 Å². The van der Waals surface area contributed by atoms with Gasteiger partial charge in [0.25, 0.3) is 5.85 Å². The zero-order valence-electron chi connectivity index (χ0n) is 11.2. The minimum absolute atomic E-state index is 0.632. The third-order valence-electron chi connectivity index (χ3n) is 3.19. The van der Waals surface area contributed by atoms with Gasteiger partial charge < -0.3 is 20.5 Å². The number of nitrogen functional groups attached to an aromatic ring is 1. The van der Waals surface area contributed by atoms with Crippen molar-refractivity contribution in [3.8, 4) is 11.5 Å². The van der Waals surface area contributed by atoms with Crippen molar-refractivity contribution in [1.82, 2.24) is 0 Å². The number of ether oxygens (including phenoxy) is 2. The smallest absolute Gasteiger partial charge is 0.263 e. The first kappa shape index (κ1) is 12.6. The molecule has 5 heteroatoms. The number of anilines is 2. The number of nitrogens with two attached hydrogens (primary N) is 2. The van der Waals surface area contributed by atoms with Gasteiger partial charge in [0.05, 0.1) is 12.3 Å². The number of nitrogens with one attached hydrogen (secondary N) is 1. The normalized spacial score (nSPS) is 19.9. The molecule has 0 radical (unpaired) electrons. The summed E-state index contributed by atoms with van der Waals surface area (Å²) in [6.45, 7) is 2.58. The van der Waals surface area contributed by atoms with E-state index in [9.17, 15) is 0 Å². The molecule has 0 bridgehead atoms. The standard InChI is InChI=1S/C15H17N3O2/c1-2-19-12-6-3-10(4-7-12)15(17)18-13-9-11(16)5-8-14(13)20-15/h3-9,18H,2,16-17H2,1H3. The average molecular weight is 271 g/mol. The first-order valence-corrected chi connectivity index (χ1v) is 6.49. The fraction of sp³-hybridized carbons (Fsp3) is 0.200. The third kappa shape index (κ3) is 2.12. The predicted molar refractivity (Wildman–Crippen MR) is 78.6 cm³/mol. The number of fused-ring (bicyclic) bond motifs is 1. The van der Waals surface area contributed by atoms with E-state index in [-0.39, 0.29) is 0 Å². The summed E-state index contributed by atoms with van der Waals surface area (Å²) in [6.07, 6.45) is 0. The Kier molecular flexibility index (Phi) is 2.91. The van der Waals surface area contributed by atoms with E-state index in [1.165, 1.54) is 0 Å². The quantitative estimate of drug-likeness (QED) is 0.746. The molecule has 1 aliphatic heterocycles. The van der Waals surface area contributed by atoms with Crippen LogP contribution in [0.25, 0.3) is 0 Å². The van der Waals surface area contributed by atoms with E-state index in [1.807, 2.05) is 31.2 Å². The summed E-state index contributed by atoms with van der Waals surface area (Å²) in [4.78, 5) is 0. The van der Waals surface area contributed by atoms with Crippen LogP contribution in [0.3, 0.4) is 0 Å². The Balaban J connectivity index is 1.87. The molecule has 0 aromatic heterocycles. The van der Waals surface area contributed by atoms with Crippen molar-refractivity contribution >= 4 is 11.4 Å². The van der Waals surface area contributed by atoms with Crippen LogP contribution in [0.5, 0.6) is 11.5 Å². The molecule has 0 saturated heterocycles. The first-order valence-electron chi connectivity index (χ1n) is 6.49. The van der Waals surface area contributed by atoms with E-state index in [0.29, 0.717) is 18.0 Å². The fourth-order valence-corrected chi connectivity index (χ4v) is 2.23. The van der Waals surface area contributed by atoms with Crippen molar-refractivity contribution in [3.05, 3.63) is 48.0 Å². The van der Waals surface area contributed by atoms with Crippen LogP contribution in [-0.2, 0) is 5.85 Å². The number of rotatable bonds is 3. The minimum atomic E-state index is -1.08. The zero-order valence-corrected chi connectivity index (χ0v) is 11.2. The predicted octanol–water partition coefficient (Wildman–Crippen LogP) is 2.24. The highest BCUT2D eigenvalue weighted by atomic mass is 16.5. The van der Waals surface area contributed by atoms with Crippen LogP contribution in [0.1, 0.15) is 12.5 Å². The van der Waals surface area contributed by atoms with Crippen LogP contribution in [0.15, 0.2) is 42.5 Å². The molecule has 0 amide bonds. The number of hydrogen-bond acceptors (Lipinski definition) is 5. The molecular weight excluding hydrogens is 254 g/mol. The van der Waals surface area contributed by atoms with Crippen molar-refractivity contribution < 1.29 is 9.47 Å². The summed E-state index contributed by atoms with van der Waals surface area (Å²) in [5.74, 6) is 0.413. The van der Waals surface area contributed by atoms with Gasteiger partial charge in [-0.1, -0.05) is 0 Å². The highest BCUT2D eigenvalue weighted by Crippen LogP contribution is 2.40. The van der Waals surface area contributed by atoms with E-state index in [0.717, 1.165) is 17.0 Å². The molecule has 5 nitrogen and oxygen atoms in total. The second-order valence-electron chi connectivity index (χ2n) is 4.68. The van der Waals surface area contributed by atoms with Gasteiger partial charge >= 0.3 is 0 Å². The third-order valence-corrected chi connectivity index (χ3v) is 3.19. The van der Waals surface area contributed by atoms with Gasteiger partial charge in [-0.2, -0.15) is 0 Å². The molecule has 1 heterocycles. The van der Waals surface area contributed by atoms with E-state index < -0.39 is 5.85 Å². The van der Waals surface area contributed by atoms with Crippen molar-refractivity contribution in [3.63, 3.8) is 0 Å². The van der Waals surface area contributed by atoms with Gasteiger partial charge in [0.1, 0.15) is 11.5 Å². The maximum atomic E-state index is 6.29. The highest BCUT2D eigenvalue weighted by Gasteiger charge is 2.36. The summed E-state index contributed by atoms with van der Waals surface area (Å²) in [6, 6.07) is 12.9. The van der Waals surface area contributed by atoms with Gasteiger partial charge in [-0.05, 0) is 49.4 Å². The molecule has 1 atom stereocenters. The summed E-state index contributed by atoms with van der Waals surface area (Å²) in [5.41, 5.74) is 14.3. The van der Waals surface area contributed by atoms with Gasteiger partial charge in [0.2, 0.25) is 0 Å². The van der Waals surface area contributed by atoms with Gasteiger partial charge in [-0.15, -0.1) is 0 Å². The topological polar surface area (TPSA) is 82.5 Å². The van der Waals surface area contributed by atoms with Crippen molar-refractivity contribution in [2.24, 2.45) is 5.73 Å². The molecule has 0 saturated carbocycles. The Morgan fingerprint density at radius 2 is 1.95 bits per heavy atom. The zero-order chi connectivity index (χ0) is 14.2. The molecule has 0 fully saturated rings. The molecule has 1 unspecified atom stereocenters. The van der Waals surface area contributed by atoms with Crippen molar-refractivity contribution in [2.75, 3.05) is 17.7 Å². The number of benzene rings is 2. The lowest BCUT2D eigenvalue weighted by Crippen LogP contribution is -2.46. The summed E-state index contributed by atoms with van der Waals surface area (Å²) >= 11 is 0. The molecule has 0 spiro atoms. The van der Waals surface area contributed by atoms with Crippen molar-refractivity contribution in [2.45, 2.75) is 12.8 Å². The second kappa shape index (κ2) is 4.61. The minimum Gasteiger partial charge on any atom is -0.494 e. The van der Waals surface area contributed by atoms with E-state index in [2.05, 4.69) is 5.32 Å². The summed E-state index contributed by atoms with van der Waals surface area (Å²) in [7, 11) is 0. The lowest BCUT2D eigenvalue weighted by molar-refractivity contribution is 0.126. The highest BCUT2D eigenvalue weighted by molar-refractivity contribution is 5.67. The maximum Gasteiger partial charge on any atom is 0.263 e. The fourth-order valence-electron chi connectivity index (χ4n) is 2.23. The Labute approximate surface area is 117 Å². The average Bonchev–Trinajstić information content (AvgIpc) is 2.76. The maximum absolute atomic E-state index is 6.29. The monoisotopic (exact) mass is 271 g/mol. The van der Waals surface area contributed by atoms with Crippen molar-refractivity contribution in [1.29, 1.82) is 0 Å². The van der Waals surface area contributed by atoms with E-state index in [4.69, 9.17) is 20.9 Å². The van der Waals surface area contributed by atoms with Gasteiger partial charge in [0.15, 0.2) is 0 Å². The van der Waals surface area contributed by atoms with Gasteiger partial charge in [-0.25, -0.2) is 0 Å². The molecule has 2 aromatic rings. The summed E-state index contributed by atoms with van der Waals surface area (Å²) < 4.78 is 11.2. The molecule has 0 aliphatic carbocycles. The Morgan fingerprint density at radius 1 is 1.20 bits per heavy atom. The van der Waals surface area contributed by atoms with Crippen LogP contribution < -0.4 is 26.3 Å². The lowest BCUT2D eigenvalue weighted by Gasteiger charge is -2.24. The molecule has 3 rings (SSSR count). The van der Waals surface area contributed by atoms with E-state index >= 15 is 0 Å². The van der Waals surface area contributed by atoms with Crippen LogP contribution in [0.2, 0.25) is 0 Å². The lowest BCUT2D eigenvalue weighted by atomic mass is 10.1. The van der Waals surface area contributed by atoms with Gasteiger partial charge in [0, 0.05) is 11.3 Å². The largest absolute Gasteiger partial charge is 0.494 e. The van der Waals surface area contributed by atoms with E-state index in [1.54, 1.807) is 18.2 Å². The Bertz CT molecular complexity index is 628. The molecule has 5 N–H and O–H groups in total. The Morgan fingerprint density at radius 3 is 2.65 bits per heavy atom. The molecule has 1 aliphatic rings.